The Morgan fingerprint density at radius 2 is 1.65 bits per heavy atom. The van der Waals surface area contributed by atoms with E-state index in [0.717, 1.165) is 54.5 Å². The summed E-state index contributed by atoms with van der Waals surface area (Å²) in [5.74, 6) is -1.48. The molecule has 1 aliphatic rings. The van der Waals surface area contributed by atoms with Crippen molar-refractivity contribution in [2.24, 2.45) is 0 Å². The smallest absolute Gasteiger partial charge is 0.339 e. The fourth-order valence-electron chi connectivity index (χ4n) is 4.15. The Hall–Kier alpha value is -3.32. The van der Waals surface area contributed by atoms with Crippen molar-refractivity contribution in [2.75, 3.05) is 4.72 Å². The minimum Gasteiger partial charge on any atom is -0.507 e. The molecule has 4 rings (SSSR count). The van der Waals surface area contributed by atoms with Crippen LogP contribution in [0.1, 0.15) is 47.5 Å². The van der Waals surface area contributed by atoms with E-state index < -0.39 is 21.7 Å². The van der Waals surface area contributed by atoms with Crippen molar-refractivity contribution in [3.63, 3.8) is 0 Å². The number of phenols is 1. The largest absolute Gasteiger partial charge is 0.507 e. The van der Waals surface area contributed by atoms with Crippen molar-refractivity contribution >= 4 is 21.7 Å². The van der Waals surface area contributed by atoms with Gasteiger partial charge < -0.3 is 10.2 Å². The van der Waals surface area contributed by atoms with Gasteiger partial charge in [0.25, 0.3) is 10.0 Å². The Kier molecular flexibility index (Phi) is 5.69. The maximum absolute atomic E-state index is 13.0. The molecule has 0 atom stereocenters. The van der Waals surface area contributed by atoms with Crippen LogP contribution in [0, 0.1) is 0 Å². The van der Waals surface area contributed by atoms with E-state index in [-0.39, 0.29) is 16.1 Å². The number of rotatable bonds is 6. The third-order valence-corrected chi connectivity index (χ3v) is 7.07. The Labute approximate surface area is 181 Å². The second-order valence-electron chi connectivity index (χ2n) is 7.74. The monoisotopic (exact) mass is 437 g/mol. The first kappa shape index (κ1) is 20.9. The molecule has 6 nitrogen and oxygen atoms in total. The topological polar surface area (TPSA) is 104 Å². The molecule has 1 saturated carbocycles. The quantitative estimate of drug-likeness (QED) is 0.491. The number of hydrogen-bond donors (Lipinski definition) is 3. The molecule has 0 aliphatic heterocycles. The highest BCUT2D eigenvalue weighted by atomic mass is 32.2. The number of aromatic hydroxyl groups is 1. The summed E-state index contributed by atoms with van der Waals surface area (Å²) in [6.07, 6.45) is 4.31. The van der Waals surface area contributed by atoms with Crippen LogP contribution in [-0.4, -0.2) is 24.6 Å². The van der Waals surface area contributed by atoms with E-state index in [2.05, 4.69) is 4.72 Å². The van der Waals surface area contributed by atoms with E-state index in [4.69, 9.17) is 5.11 Å². The van der Waals surface area contributed by atoms with Crippen LogP contribution in [-0.2, 0) is 10.0 Å². The average Bonchev–Trinajstić information content (AvgIpc) is 3.28. The molecule has 160 valence electrons. The standard InChI is InChI=1S/C24H23NO5S/c26-23-14-18(10-12-21(23)24(27)28)25-31(29,30)19-11-13-20(16-6-2-1-3-7-16)22(15-19)17-8-4-5-9-17/h1-3,6-7,10-15,17,25-26H,4-5,8-9H2,(H,27,28). The van der Waals surface area contributed by atoms with Gasteiger partial charge in [0.05, 0.1) is 10.6 Å². The summed E-state index contributed by atoms with van der Waals surface area (Å²) in [4.78, 5) is 11.2. The molecule has 0 heterocycles. The summed E-state index contributed by atoms with van der Waals surface area (Å²) < 4.78 is 28.5. The second kappa shape index (κ2) is 8.43. The zero-order valence-corrected chi connectivity index (χ0v) is 17.6. The summed E-state index contributed by atoms with van der Waals surface area (Å²) in [6.45, 7) is 0. The Morgan fingerprint density at radius 3 is 2.29 bits per heavy atom. The maximum atomic E-state index is 13.0. The lowest BCUT2D eigenvalue weighted by Crippen LogP contribution is -2.14. The molecule has 0 bridgehead atoms. The molecule has 0 spiro atoms. The SMILES string of the molecule is O=C(O)c1ccc(NS(=O)(=O)c2ccc(-c3ccccc3)c(C3CCCC3)c2)cc1O. The molecule has 3 aromatic carbocycles. The molecule has 1 aliphatic carbocycles. The van der Waals surface area contributed by atoms with Crippen molar-refractivity contribution in [2.45, 2.75) is 36.5 Å². The Balaban J connectivity index is 1.71. The summed E-state index contributed by atoms with van der Waals surface area (Å²) in [6, 6.07) is 18.7. The molecule has 0 unspecified atom stereocenters. The zero-order valence-electron chi connectivity index (χ0n) is 16.8. The first-order chi connectivity index (χ1) is 14.8. The van der Waals surface area contributed by atoms with E-state index in [1.165, 1.54) is 6.07 Å². The highest BCUT2D eigenvalue weighted by Gasteiger charge is 2.24. The first-order valence-corrected chi connectivity index (χ1v) is 11.6. The first-order valence-electron chi connectivity index (χ1n) is 10.1. The molecule has 0 amide bonds. The number of benzene rings is 3. The van der Waals surface area contributed by atoms with Crippen LogP contribution < -0.4 is 4.72 Å². The predicted octanol–water partition coefficient (Wildman–Crippen LogP) is 5.22. The number of sulfonamides is 1. The fraction of sp³-hybridized carbons (Fsp3) is 0.208. The van der Waals surface area contributed by atoms with Gasteiger partial charge in [-0.05, 0) is 59.7 Å². The van der Waals surface area contributed by atoms with Gasteiger partial charge in [0.1, 0.15) is 11.3 Å². The lowest BCUT2D eigenvalue weighted by molar-refractivity contribution is 0.0694. The Morgan fingerprint density at radius 1 is 0.935 bits per heavy atom. The van der Waals surface area contributed by atoms with Gasteiger partial charge in [-0.2, -0.15) is 0 Å². The number of carboxylic acids is 1. The summed E-state index contributed by atoms with van der Waals surface area (Å²) in [5, 5.41) is 18.9. The second-order valence-corrected chi connectivity index (χ2v) is 9.42. The van der Waals surface area contributed by atoms with Crippen molar-refractivity contribution in [3.8, 4) is 16.9 Å². The van der Waals surface area contributed by atoms with Crippen LogP contribution in [0.25, 0.3) is 11.1 Å². The number of hydrogen-bond acceptors (Lipinski definition) is 4. The van der Waals surface area contributed by atoms with E-state index in [9.17, 15) is 18.3 Å². The van der Waals surface area contributed by atoms with Gasteiger partial charge in [-0.15, -0.1) is 0 Å². The van der Waals surface area contributed by atoms with Crippen LogP contribution in [0.4, 0.5) is 5.69 Å². The van der Waals surface area contributed by atoms with E-state index in [0.29, 0.717) is 5.92 Å². The number of aromatic carboxylic acids is 1. The van der Waals surface area contributed by atoms with Gasteiger partial charge in [0.15, 0.2) is 0 Å². The van der Waals surface area contributed by atoms with Gasteiger partial charge >= 0.3 is 5.97 Å². The number of carbonyl (C=O) groups is 1. The molecule has 31 heavy (non-hydrogen) atoms. The normalized spacial score (nSPS) is 14.5. The number of carboxylic acid groups (broad SMARTS) is 1. The molecule has 0 aromatic heterocycles. The number of nitrogens with one attached hydrogen (secondary N) is 1. The van der Waals surface area contributed by atoms with E-state index in [1.54, 1.807) is 12.1 Å². The lowest BCUT2D eigenvalue weighted by Gasteiger charge is -2.18. The summed E-state index contributed by atoms with van der Waals surface area (Å²) in [5.41, 5.74) is 2.91. The van der Waals surface area contributed by atoms with Gasteiger partial charge in [-0.3, -0.25) is 4.72 Å². The van der Waals surface area contributed by atoms with Crippen LogP contribution in [0.5, 0.6) is 5.75 Å². The maximum Gasteiger partial charge on any atom is 0.339 e. The molecule has 3 aromatic rings. The van der Waals surface area contributed by atoms with Crippen molar-refractivity contribution in [1.82, 2.24) is 0 Å². The molecule has 0 saturated heterocycles. The third kappa shape index (κ3) is 4.41. The molecule has 0 radical (unpaired) electrons. The summed E-state index contributed by atoms with van der Waals surface area (Å²) in [7, 11) is -3.92. The molecule has 7 heteroatoms. The minimum absolute atomic E-state index is 0.0945. The van der Waals surface area contributed by atoms with Crippen LogP contribution in [0.15, 0.2) is 71.6 Å². The minimum atomic E-state index is -3.92. The summed E-state index contributed by atoms with van der Waals surface area (Å²) >= 11 is 0. The van der Waals surface area contributed by atoms with Gasteiger partial charge in [0, 0.05) is 6.07 Å². The molecule has 3 N–H and O–H groups in total. The van der Waals surface area contributed by atoms with Crippen molar-refractivity contribution < 1.29 is 23.4 Å². The molecule has 1 fully saturated rings. The van der Waals surface area contributed by atoms with Crippen LogP contribution >= 0.6 is 0 Å². The Bertz CT molecular complexity index is 1220. The third-order valence-electron chi connectivity index (χ3n) is 5.69. The molecular formula is C24H23NO5S. The van der Waals surface area contributed by atoms with Crippen molar-refractivity contribution in [1.29, 1.82) is 0 Å². The fourth-order valence-corrected chi connectivity index (χ4v) is 5.24. The lowest BCUT2D eigenvalue weighted by atomic mass is 9.89. The van der Waals surface area contributed by atoms with Gasteiger partial charge in [-0.25, -0.2) is 13.2 Å². The average molecular weight is 438 g/mol. The van der Waals surface area contributed by atoms with Gasteiger partial charge in [0.2, 0.25) is 0 Å². The van der Waals surface area contributed by atoms with Crippen LogP contribution in [0.2, 0.25) is 0 Å². The molecular weight excluding hydrogens is 414 g/mol. The van der Waals surface area contributed by atoms with E-state index >= 15 is 0 Å². The zero-order chi connectivity index (χ0) is 22.0. The van der Waals surface area contributed by atoms with Gasteiger partial charge in [-0.1, -0.05) is 49.2 Å². The van der Waals surface area contributed by atoms with E-state index in [1.807, 2.05) is 36.4 Å². The van der Waals surface area contributed by atoms with Crippen LogP contribution in [0.3, 0.4) is 0 Å². The number of anilines is 1. The highest BCUT2D eigenvalue weighted by molar-refractivity contribution is 7.92. The van der Waals surface area contributed by atoms with Crippen molar-refractivity contribution in [3.05, 3.63) is 77.9 Å². The predicted molar refractivity (Wildman–Crippen MR) is 119 cm³/mol. The highest BCUT2D eigenvalue weighted by Crippen LogP contribution is 2.40.